The zero-order valence-corrected chi connectivity index (χ0v) is 17.5. The van der Waals surface area contributed by atoms with Crippen LogP contribution < -0.4 is 5.32 Å². The van der Waals surface area contributed by atoms with E-state index in [0.29, 0.717) is 19.4 Å². The van der Waals surface area contributed by atoms with E-state index in [1.165, 1.54) is 11.1 Å². The second-order valence-electron chi connectivity index (χ2n) is 7.56. The first kappa shape index (κ1) is 21.7. The van der Waals surface area contributed by atoms with Crippen LogP contribution in [0.4, 0.5) is 0 Å². The molecule has 0 bridgehead atoms. The van der Waals surface area contributed by atoms with E-state index < -0.39 is 12.0 Å². The van der Waals surface area contributed by atoms with Gasteiger partial charge in [-0.25, -0.2) is 4.79 Å². The summed E-state index contributed by atoms with van der Waals surface area (Å²) in [5.41, 5.74) is 5.41. The first-order valence-corrected chi connectivity index (χ1v) is 9.83. The SMILES string of the molecule is CC[C@H](C)[C@H](NC(=O)CCc1c(C)nn(Cc2ccc(C)cc2)c1C)C(=O)O. The maximum atomic E-state index is 12.3. The number of aliphatic carboxylic acids is 1. The lowest BCUT2D eigenvalue weighted by atomic mass is 9.99. The number of amides is 1. The molecule has 6 nitrogen and oxygen atoms in total. The number of nitrogens with zero attached hydrogens (tertiary/aromatic N) is 2. The maximum Gasteiger partial charge on any atom is 0.326 e. The van der Waals surface area contributed by atoms with E-state index in [2.05, 4.69) is 41.6 Å². The summed E-state index contributed by atoms with van der Waals surface area (Å²) in [6.45, 7) is 10.5. The van der Waals surface area contributed by atoms with Gasteiger partial charge in [-0.2, -0.15) is 5.10 Å². The summed E-state index contributed by atoms with van der Waals surface area (Å²) in [6.07, 6.45) is 1.49. The van der Waals surface area contributed by atoms with Gasteiger partial charge in [-0.3, -0.25) is 9.48 Å². The molecule has 2 N–H and O–H groups in total. The van der Waals surface area contributed by atoms with Gasteiger partial charge in [0.2, 0.25) is 5.91 Å². The Labute approximate surface area is 167 Å². The fourth-order valence-electron chi connectivity index (χ4n) is 3.28. The minimum absolute atomic E-state index is 0.109. The molecule has 0 radical (unpaired) electrons. The molecule has 0 fully saturated rings. The molecule has 1 heterocycles. The number of carbonyl (C=O) groups excluding carboxylic acids is 1. The van der Waals surface area contributed by atoms with E-state index in [1.807, 2.05) is 32.4 Å². The quantitative estimate of drug-likeness (QED) is 0.693. The lowest BCUT2D eigenvalue weighted by Crippen LogP contribution is -2.45. The molecule has 0 saturated heterocycles. The molecule has 0 saturated carbocycles. The van der Waals surface area contributed by atoms with Crippen LogP contribution in [0.1, 0.15) is 54.8 Å². The van der Waals surface area contributed by atoms with Crippen molar-refractivity contribution < 1.29 is 14.7 Å². The maximum absolute atomic E-state index is 12.3. The molecule has 0 unspecified atom stereocenters. The van der Waals surface area contributed by atoms with Gasteiger partial charge in [0.15, 0.2) is 0 Å². The van der Waals surface area contributed by atoms with E-state index in [1.54, 1.807) is 0 Å². The monoisotopic (exact) mass is 385 g/mol. The molecule has 1 amide bonds. The number of aromatic nitrogens is 2. The third-order valence-corrected chi connectivity index (χ3v) is 5.38. The molecule has 28 heavy (non-hydrogen) atoms. The van der Waals surface area contributed by atoms with E-state index in [4.69, 9.17) is 0 Å². The second kappa shape index (κ2) is 9.53. The fraction of sp³-hybridized carbons (Fsp3) is 0.500. The van der Waals surface area contributed by atoms with Gasteiger partial charge >= 0.3 is 5.97 Å². The van der Waals surface area contributed by atoms with Crippen LogP contribution in [0.5, 0.6) is 0 Å². The summed E-state index contributed by atoms with van der Waals surface area (Å²) in [6, 6.07) is 7.52. The van der Waals surface area contributed by atoms with Crippen LogP contribution in [0.15, 0.2) is 24.3 Å². The zero-order chi connectivity index (χ0) is 20.8. The number of hydrogen-bond donors (Lipinski definition) is 2. The molecule has 0 aliphatic carbocycles. The van der Waals surface area contributed by atoms with Crippen LogP contribution in [0.3, 0.4) is 0 Å². The largest absolute Gasteiger partial charge is 0.480 e. The third-order valence-electron chi connectivity index (χ3n) is 5.38. The molecule has 152 valence electrons. The highest BCUT2D eigenvalue weighted by Gasteiger charge is 2.25. The van der Waals surface area contributed by atoms with Gasteiger partial charge in [0, 0.05) is 12.1 Å². The summed E-state index contributed by atoms with van der Waals surface area (Å²) >= 11 is 0. The van der Waals surface area contributed by atoms with Gasteiger partial charge in [0.1, 0.15) is 6.04 Å². The highest BCUT2D eigenvalue weighted by molar-refractivity contribution is 5.83. The van der Waals surface area contributed by atoms with Crippen molar-refractivity contribution in [1.82, 2.24) is 15.1 Å². The molecule has 0 spiro atoms. The highest BCUT2D eigenvalue weighted by Crippen LogP contribution is 2.17. The van der Waals surface area contributed by atoms with Crippen molar-refractivity contribution in [2.45, 2.75) is 66.5 Å². The molecular weight excluding hydrogens is 354 g/mol. The predicted octanol–water partition coefficient (Wildman–Crippen LogP) is 3.40. The van der Waals surface area contributed by atoms with Gasteiger partial charge in [-0.15, -0.1) is 0 Å². The van der Waals surface area contributed by atoms with Crippen molar-refractivity contribution in [3.63, 3.8) is 0 Å². The molecule has 2 rings (SSSR count). The number of aryl methyl sites for hydroxylation is 2. The van der Waals surface area contributed by atoms with Crippen LogP contribution >= 0.6 is 0 Å². The van der Waals surface area contributed by atoms with Crippen molar-refractivity contribution in [1.29, 1.82) is 0 Å². The van der Waals surface area contributed by atoms with Gasteiger partial charge in [0.25, 0.3) is 0 Å². The standard InChI is InChI=1S/C22H31N3O3/c1-6-15(3)21(22(27)28)23-20(26)12-11-19-16(4)24-25(17(19)5)13-18-9-7-14(2)8-10-18/h7-10,15,21H,6,11-13H2,1-5H3,(H,23,26)(H,27,28)/t15-,21-/m0/s1. The smallest absolute Gasteiger partial charge is 0.326 e. The molecule has 2 atom stereocenters. The van der Waals surface area contributed by atoms with Gasteiger partial charge in [-0.1, -0.05) is 50.1 Å². The topological polar surface area (TPSA) is 84.2 Å². The van der Waals surface area contributed by atoms with Crippen LogP contribution in [0, 0.1) is 26.7 Å². The number of carboxylic acid groups (broad SMARTS) is 1. The predicted molar refractivity (Wildman–Crippen MR) is 109 cm³/mol. The molecule has 1 aromatic heterocycles. The van der Waals surface area contributed by atoms with Gasteiger partial charge in [0.05, 0.1) is 12.2 Å². The number of rotatable bonds is 9. The summed E-state index contributed by atoms with van der Waals surface area (Å²) in [5, 5.41) is 16.6. The molecule has 2 aromatic rings. The van der Waals surface area contributed by atoms with Crippen molar-refractivity contribution >= 4 is 11.9 Å². The lowest BCUT2D eigenvalue weighted by molar-refractivity contribution is -0.143. The van der Waals surface area contributed by atoms with Crippen molar-refractivity contribution in [3.05, 3.63) is 52.3 Å². The van der Waals surface area contributed by atoms with Crippen LogP contribution in [-0.4, -0.2) is 32.8 Å². The Morgan fingerprint density at radius 3 is 2.39 bits per heavy atom. The lowest BCUT2D eigenvalue weighted by Gasteiger charge is -2.20. The van der Waals surface area contributed by atoms with Crippen molar-refractivity contribution in [3.8, 4) is 0 Å². The Kier molecular flexibility index (Phi) is 7.38. The number of carboxylic acids is 1. The Morgan fingerprint density at radius 2 is 1.82 bits per heavy atom. The molecule has 0 aliphatic rings. The number of nitrogens with one attached hydrogen (secondary N) is 1. The zero-order valence-electron chi connectivity index (χ0n) is 17.5. The number of hydrogen-bond acceptors (Lipinski definition) is 3. The Hall–Kier alpha value is -2.63. The summed E-state index contributed by atoms with van der Waals surface area (Å²) in [5.74, 6) is -1.33. The Balaban J connectivity index is 2.02. The van der Waals surface area contributed by atoms with E-state index in [0.717, 1.165) is 17.0 Å². The van der Waals surface area contributed by atoms with Crippen LogP contribution in [-0.2, 0) is 22.6 Å². The summed E-state index contributed by atoms with van der Waals surface area (Å²) in [4.78, 5) is 23.7. The normalized spacial score (nSPS) is 13.2. The minimum atomic E-state index is -0.985. The number of benzene rings is 1. The third kappa shape index (κ3) is 5.44. The van der Waals surface area contributed by atoms with Crippen LogP contribution in [0.25, 0.3) is 0 Å². The summed E-state index contributed by atoms with van der Waals surface area (Å²) in [7, 11) is 0. The van der Waals surface area contributed by atoms with Gasteiger partial charge < -0.3 is 10.4 Å². The van der Waals surface area contributed by atoms with Crippen LogP contribution in [0.2, 0.25) is 0 Å². The van der Waals surface area contributed by atoms with E-state index in [-0.39, 0.29) is 18.2 Å². The number of carbonyl (C=O) groups is 2. The Bertz CT molecular complexity index is 824. The average Bonchev–Trinajstić information content (AvgIpc) is 2.92. The first-order chi connectivity index (χ1) is 13.2. The second-order valence-corrected chi connectivity index (χ2v) is 7.56. The first-order valence-electron chi connectivity index (χ1n) is 9.83. The molecule has 6 heteroatoms. The highest BCUT2D eigenvalue weighted by atomic mass is 16.4. The van der Waals surface area contributed by atoms with Gasteiger partial charge in [-0.05, 0) is 44.2 Å². The van der Waals surface area contributed by atoms with E-state index in [9.17, 15) is 14.7 Å². The minimum Gasteiger partial charge on any atom is -0.480 e. The Morgan fingerprint density at radius 1 is 1.18 bits per heavy atom. The van der Waals surface area contributed by atoms with E-state index >= 15 is 0 Å². The van der Waals surface area contributed by atoms with Crippen molar-refractivity contribution in [2.75, 3.05) is 0 Å². The molecule has 0 aliphatic heterocycles. The molecular formula is C22H31N3O3. The molecule has 1 aromatic carbocycles. The average molecular weight is 386 g/mol. The fourth-order valence-corrected chi connectivity index (χ4v) is 3.28. The summed E-state index contributed by atoms with van der Waals surface area (Å²) < 4.78 is 1.96. The van der Waals surface area contributed by atoms with Crippen molar-refractivity contribution in [2.24, 2.45) is 5.92 Å².